The van der Waals surface area contributed by atoms with Gasteiger partial charge in [0.25, 0.3) is 0 Å². The summed E-state index contributed by atoms with van der Waals surface area (Å²) in [5.74, 6) is 1.02. The van der Waals surface area contributed by atoms with E-state index in [-0.39, 0.29) is 41.8 Å². The number of hydrogen-bond donors (Lipinski definition) is 2. The molecule has 0 spiro atoms. The summed E-state index contributed by atoms with van der Waals surface area (Å²) in [7, 11) is 0. The van der Waals surface area contributed by atoms with E-state index >= 15 is 0 Å². The maximum absolute atomic E-state index is 13.9. The Labute approximate surface area is 167 Å². The highest BCUT2D eigenvalue weighted by Crippen LogP contribution is 2.41. The number of hydrogen-bond acceptors (Lipinski definition) is 2. The van der Waals surface area contributed by atoms with E-state index in [1.165, 1.54) is 19.4 Å². The Hall–Kier alpha value is -0.890. The molecule has 3 unspecified atom stereocenters. The quantitative estimate of drug-likeness (QED) is 0.389. The van der Waals surface area contributed by atoms with Crippen LogP contribution >= 0.6 is 24.0 Å². The second-order valence-corrected chi connectivity index (χ2v) is 6.76. The van der Waals surface area contributed by atoms with E-state index in [1.807, 2.05) is 12.1 Å². The SMILES string of the molecule is CCNC(=NCC1CCCN1CC)NC1CC1c1ccccc1F.I. The number of halogens is 2. The van der Waals surface area contributed by atoms with Crippen molar-refractivity contribution in [2.24, 2.45) is 4.99 Å². The Bertz CT molecular complexity index is 580. The lowest BCUT2D eigenvalue weighted by atomic mass is 10.1. The van der Waals surface area contributed by atoms with Gasteiger partial charge in [0, 0.05) is 24.5 Å². The molecule has 6 heteroatoms. The summed E-state index contributed by atoms with van der Waals surface area (Å²) in [6.07, 6.45) is 3.48. The third-order valence-corrected chi connectivity index (χ3v) is 5.13. The second-order valence-electron chi connectivity index (χ2n) is 6.76. The lowest BCUT2D eigenvalue weighted by molar-refractivity contribution is 0.273. The molecule has 1 aliphatic carbocycles. The lowest BCUT2D eigenvalue weighted by Gasteiger charge is -2.21. The molecule has 1 heterocycles. The van der Waals surface area contributed by atoms with Crippen LogP contribution in [0.5, 0.6) is 0 Å². The largest absolute Gasteiger partial charge is 0.357 e. The molecule has 1 saturated heterocycles. The van der Waals surface area contributed by atoms with E-state index in [2.05, 4.69) is 29.4 Å². The summed E-state index contributed by atoms with van der Waals surface area (Å²) in [6.45, 7) is 8.26. The number of aliphatic imine (C=N–C) groups is 1. The fraction of sp³-hybridized carbons (Fsp3) is 0.632. The van der Waals surface area contributed by atoms with Crippen LogP contribution in [0.4, 0.5) is 4.39 Å². The smallest absolute Gasteiger partial charge is 0.191 e. The van der Waals surface area contributed by atoms with Gasteiger partial charge in [-0.25, -0.2) is 4.39 Å². The van der Waals surface area contributed by atoms with Gasteiger partial charge < -0.3 is 10.6 Å². The molecule has 1 saturated carbocycles. The minimum atomic E-state index is -0.0988. The highest BCUT2D eigenvalue weighted by atomic mass is 127. The Morgan fingerprint density at radius 2 is 2.12 bits per heavy atom. The van der Waals surface area contributed by atoms with Crippen LogP contribution in [0.3, 0.4) is 0 Å². The van der Waals surface area contributed by atoms with E-state index in [0.717, 1.165) is 37.6 Å². The van der Waals surface area contributed by atoms with Gasteiger partial charge in [0.1, 0.15) is 5.82 Å². The molecule has 0 amide bonds. The minimum absolute atomic E-state index is 0. The second kappa shape index (κ2) is 9.71. The molecule has 3 rings (SSSR count). The molecule has 4 nitrogen and oxygen atoms in total. The number of likely N-dealkylation sites (tertiary alicyclic amines) is 1. The number of guanidine groups is 1. The van der Waals surface area contributed by atoms with Gasteiger partial charge in [-0.2, -0.15) is 0 Å². The summed E-state index contributed by atoms with van der Waals surface area (Å²) < 4.78 is 13.9. The van der Waals surface area contributed by atoms with Crippen molar-refractivity contribution in [2.75, 3.05) is 26.2 Å². The molecular weight excluding hydrogens is 430 g/mol. The molecule has 0 aromatic heterocycles. The Balaban J connectivity index is 0.00000225. The van der Waals surface area contributed by atoms with Crippen molar-refractivity contribution >= 4 is 29.9 Å². The van der Waals surface area contributed by atoms with Crippen LogP contribution in [-0.4, -0.2) is 49.1 Å². The molecule has 140 valence electrons. The number of likely N-dealkylation sites (N-methyl/N-ethyl adjacent to an activating group) is 1. The van der Waals surface area contributed by atoms with E-state index in [1.54, 1.807) is 12.1 Å². The fourth-order valence-corrected chi connectivity index (χ4v) is 3.68. The first-order chi connectivity index (χ1) is 11.7. The van der Waals surface area contributed by atoms with Crippen LogP contribution in [0.15, 0.2) is 29.3 Å². The molecule has 2 N–H and O–H groups in total. The van der Waals surface area contributed by atoms with E-state index in [0.29, 0.717) is 6.04 Å². The first kappa shape index (κ1) is 20.4. The molecule has 2 aliphatic rings. The van der Waals surface area contributed by atoms with Gasteiger partial charge in [-0.3, -0.25) is 9.89 Å². The Kier molecular flexibility index (Phi) is 7.93. The van der Waals surface area contributed by atoms with Gasteiger partial charge in [-0.05, 0) is 50.9 Å². The molecule has 0 bridgehead atoms. The number of nitrogens with one attached hydrogen (secondary N) is 2. The zero-order valence-corrected chi connectivity index (χ0v) is 17.5. The predicted octanol–water partition coefficient (Wildman–Crippen LogP) is 3.34. The number of nitrogens with zero attached hydrogens (tertiary/aromatic N) is 2. The average molecular weight is 460 g/mol. The number of benzene rings is 1. The highest BCUT2D eigenvalue weighted by molar-refractivity contribution is 14.0. The van der Waals surface area contributed by atoms with Crippen LogP contribution in [0, 0.1) is 5.82 Å². The van der Waals surface area contributed by atoms with Gasteiger partial charge in [-0.1, -0.05) is 25.1 Å². The van der Waals surface area contributed by atoms with Crippen molar-refractivity contribution in [3.8, 4) is 0 Å². The highest BCUT2D eigenvalue weighted by Gasteiger charge is 2.40. The first-order valence-electron chi connectivity index (χ1n) is 9.26. The average Bonchev–Trinajstić information content (AvgIpc) is 3.18. The third kappa shape index (κ3) is 5.29. The standard InChI is InChI=1S/C19H29FN4.HI/c1-3-21-19(22-13-14-8-7-11-24(14)4-2)23-18-12-16(18)15-9-5-6-10-17(15)20;/h5-6,9-10,14,16,18H,3-4,7-8,11-13H2,1-2H3,(H2,21,22,23);1H. The maximum atomic E-state index is 13.9. The monoisotopic (exact) mass is 460 g/mol. The van der Waals surface area contributed by atoms with E-state index < -0.39 is 0 Å². The third-order valence-electron chi connectivity index (χ3n) is 5.13. The summed E-state index contributed by atoms with van der Waals surface area (Å²) in [6, 6.07) is 7.94. The van der Waals surface area contributed by atoms with Crippen molar-refractivity contribution < 1.29 is 4.39 Å². The molecule has 25 heavy (non-hydrogen) atoms. The lowest BCUT2D eigenvalue weighted by Crippen LogP contribution is -2.40. The van der Waals surface area contributed by atoms with E-state index in [4.69, 9.17) is 4.99 Å². The Morgan fingerprint density at radius 1 is 1.32 bits per heavy atom. The van der Waals surface area contributed by atoms with Crippen LogP contribution in [0.1, 0.15) is 44.6 Å². The maximum Gasteiger partial charge on any atom is 0.191 e. The zero-order valence-electron chi connectivity index (χ0n) is 15.2. The summed E-state index contributed by atoms with van der Waals surface area (Å²) in [5.41, 5.74) is 0.818. The Morgan fingerprint density at radius 3 is 2.84 bits per heavy atom. The zero-order chi connectivity index (χ0) is 16.9. The van der Waals surface area contributed by atoms with Crippen molar-refractivity contribution in [1.29, 1.82) is 0 Å². The predicted molar refractivity (Wildman–Crippen MR) is 112 cm³/mol. The van der Waals surface area contributed by atoms with Crippen molar-refractivity contribution in [2.45, 2.75) is 51.1 Å². The first-order valence-corrected chi connectivity index (χ1v) is 9.26. The summed E-state index contributed by atoms with van der Waals surface area (Å²) in [5, 5.41) is 6.80. The molecule has 3 atom stereocenters. The summed E-state index contributed by atoms with van der Waals surface area (Å²) >= 11 is 0. The van der Waals surface area contributed by atoms with Gasteiger partial charge in [0.15, 0.2) is 5.96 Å². The van der Waals surface area contributed by atoms with Crippen molar-refractivity contribution in [3.63, 3.8) is 0 Å². The molecular formula is C19H30FIN4. The van der Waals surface area contributed by atoms with Crippen molar-refractivity contribution in [3.05, 3.63) is 35.6 Å². The van der Waals surface area contributed by atoms with Crippen LogP contribution in [0.25, 0.3) is 0 Å². The normalized spacial score (nSPS) is 26.2. The molecule has 1 aliphatic heterocycles. The van der Waals surface area contributed by atoms with Gasteiger partial charge in [0.2, 0.25) is 0 Å². The van der Waals surface area contributed by atoms with Crippen LogP contribution < -0.4 is 10.6 Å². The van der Waals surface area contributed by atoms with Gasteiger partial charge in [0.05, 0.1) is 6.54 Å². The van der Waals surface area contributed by atoms with Crippen LogP contribution in [-0.2, 0) is 0 Å². The minimum Gasteiger partial charge on any atom is -0.357 e. The molecule has 1 aromatic carbocycles. The van der Waals surface area contributed by atoms with Gasteiger partial charge in [-0.15, -0.1) is 24.0 Å². The van der Waals surface area contributed by atoms with E-state index in [9.17, 15) is 4.39 Å². The van der Waals surface area contributed by atoms with Gasteiger partial charge >= 0.3 is 0 Å². The molecule has 0 radical (unpaired) electrons. The summed E-state index contributed by atoms with van der Waals surface area (Å²) in [4.78, 5) is 7.29. The molecule has 2 fully saturated rings. The van der Waals surface area contributed by atoms with Crippen molar-refractivity contribution in [1.82, 2.24) is 15.5 Å². The number of rotatable bonds is 6. The molecule has 1 aromatic rings. The van der Waals surface area contributed by atoms with Crippen LogP contribution in [0.2, 0.25) is 0 Å². The topological polar surface area (TPSA) is 39.7 Å². The fourth-order valence-electron chi connectivity index (χ4n) is 3.68.